The first-order chi connectivity index (χ1) is 13.0. The molecule has 0 N–H and O–H groups in total. The number of halogens is 2. The van der Waals surface area contributed by atoms with Crippen LogP contribution in [-0.4, -0.2) is 51.8 Å². The molecule has 1 aromatic carbocycles. The van der Waals surface area contributed by atoms with Gasteiger partial charge in [-0.25, -0.2) is 4.98 Å². The number of esters is 1. The van der Waals surface area contributed by atoms with Crippen LogP contribution in [0.15, 0.2) is 29.4 Å². The van der Waals surface area contributed by atoms with Crippen molar-refractivity contribution in [2.75, 3.05) is 19.7 Å². The van der Waals surface area contributed by atoms with Crippen LogP contribution in [0, 0.1) is 5.92 Å². The Hall–Kier alpha value is -2.16. The first-order valence-corrected chi connectivity index (χ1v) is 9.72. The summed E-state index contributed by atoms with van der Waals surface area (Å²) in [6.45, 7) is 2.95. The van der Waals surface area contributed by atoms with E-state index in [0.29, 0.717) is 55.3 Å². The largest absolute Gasteiger partial charge is 0.466 e. The highest BCUT2D eigenvalue weighted by molar-refractivity contribution is 7.99. The van der Waals surface area contributed by atoms with E-state index in [2.05, 4.69) is 4.98 Å². The van der Waals surface area contributed by atoms with E-state index < -0.39 is 5.76 Å². The highest BCUT2D eigenvalue weighted by Crippen LogP contribution is 2.29. The van der Waals surface area contributed by atoms with Gasteiger partial charge in [0, 0.05) is 13.1 Å². The number of aromatic nitrogens is 2. The van der Waals surface area contributed by atoms with Gasteiger partial charge in [0.2, 0.25) is 5.91 Å². The van der Waals surface area contributed by atoms with Crippen molar-refractivity contribution in [1.82, 2.24) is 14.5 Å². The van der Waals surface area contributed by atoms with E-state index >= 15 is 0 Å². The number of hydrogen-bond donors (Lipinski definition) is 0. The van der Waals surface area contributed by atoms with E-state index in [4.69, 9.17) is 4.74 Å². The topological polar surface area (TPSA) is 64.4 Å². The molecule has 1 saturated heterocycles. The molecule has 9 heteroatoms. The number of imidazole rings is 1. The molecule has 1 amide bonds. The summed E-state index contributed by atoms with van der Waals surface area (Å²) >= 11 is 0.336. The minimum Gasteiger partial charge on any atom is -0.466 e. The van der Waals surface area contributed by atoms with Crippen LogP contribution in [-0.2, 0) is 20.9 Å². The van der Waals surface area contributed by atoms with Crippen molar-refractivity contribution in [2.24, 2.45) is 5.92 Å². The predicted molar refractivity (Wildman–Crippen MR) is 97.5 cm³/mol. The number of piperidine rings is 1. The molecular weight excluding hydrogens is 376 g/mol. The third kappa shape index (κ3) is 4.58. The Labute approximate surface area is 159 Å². The summed E-state index contributed by atoms with van der Waals surface area (Å²) < 4.78 is 32.3. The zero-order chi connectivity index (χ0) is 19.4. The standard InChI is InChI=1S/C18H21F2N3O3S/c1-2-26-16(25)12-7-9-22(10-8-12)15(24)11-23-14-6-4-3-5-13(14)21-18(23)27-17(19)20/h3-6,12,17H,2,7-11H2,1H3. The molecule has 1 aromatic heterocycles. The van der Waals surface area contributed by atoms with Gasteiger partial charge < -0.3 is 14.2 Å². The summed E-state index contributed by atoms with van der Waals surface area (Å²) in [4.78, 5) is 30.4. The third-order valence-corrected chi connectivity index (χ3v) is 5.28. The molecule has 0 aliphatic carbocycles. The van der Waals surface area contributed by atoms with Crippen molar-refractivity contribution < 1.29 is 23.1 Å². The average Bonchev–Trinajstić information content (AvgIpc) is 2.98. The maximum absolute atomic E-state index is 12.9. The second-order valence-corrected chi connectivity index (χ2v) is 7.21. The molecule has 146 valence electrons. The second kappa shape index (κ2) is 8.69. The van der Waals surface area contributed by atoms with Gasteiger partial charge in [-0.2, -0.15) is 8.78 Å². The summed E-state index contributed by atoms with van der Waals surface area (Å²) in [6, 6.07) is 7.06. The van der Waals surface area contributed by atoms with E-state index in [1.54, 1.807) is 36.1 Å². The maximum Gasteiger partial charge on any atom is 0.309 e. The molecule has 6 nitrogen and oxygen atoms in total. The smallest absolute Gasteiger partial charge is 0.309 e. The van der Waals surface area contributed by atoms with Gasteiger partial charge in [0.1, 0.15) is 6.54 Å². The molecule has 0 unspecified atom stereocenters. The molecule has 1 aliphatic rings. The van der Waals surface area contributed by atoms with E-state index in [9.17, 15) is 18.4 Å². The van der Waals surface area contributed by atoms with E-state index in [-0.39, 0.29) is 29.5 Å². The number of thioether (sulfide) groups is 1. The van der Waals surface area contributed by atoms with Gasteiger partial charge in [0.25, 0.3) is 5.76 Å². The van der Waals surface area contributed by atoms with Gasteiger partial charge in [-0.3, -0.25) is 9.59 Å². The highest BCUT2D eigenvalue weighted by Gasteiger charge is 2.29. The van der Waals surface area contributed by atoms with Crippen LogP contribution in [0.5, 0.6) is 0 Å². The molecule has 1 fully saturated rings. The van der Waals surface area contributed by atoms with Crippen LogP contribution in [0.4, 0.5) is 8.78 Å². The summed E-state index contributed by atoms with van der Waals surface area (Å²) in [6.07, 6.45) is 1.10. The number of hydrogen-bond acceptors (Lipinski definition) is 5. The van der Waals surface area contributed by atoms with Crippen molar-refractivity contribution in [3.05, 3.63) is 24.3 Å². The number of rotatable bonds is 6. The van der Waals surface area contributed by atoms with Crippen LogP contribution in [0.3, 0.4) is 0 Å². The molecule has 2 heterocycles. The van der Waals surface area contributed by atoms with Crippen molar-refractivity contribution in [2.45, 2.75) is 37.2 Å². The van der Waals surface area contributed by atoms with E-state index in [0.717, 1.165) is 0 Å². The van der Waals surface area contributed by atoms with Gasteiger partial charge >= 0.3 is 5.97 Å². The molecule has 0 saturated carbocycles. The lowest BCUT2D eigenvalue weighted by Gasteiger charge is -2.31. The number of amides is 1. The Morgan fingerprint density at radius 1 is 1.30 bits per heavy atom. The Balaban J connectivity index is 1.70. The van der Waals surface area contributed by atoms with Crippen LogP contribution in [0.25, 0.3) is 11.0 Å². The first kappa shape index (κ1) is 19.6. The van der Waals surface area contributed by atoms with Crippen LogP contribution in [0.1, 0.15) is 19.8 Å². The number of carbonyl (C=O) groups excluding carboxylic acids is 2. The molecular formula is C18H21F2N3O3S. The summed E-state index contributed by atoms with van der Waals surface area (Å²) in [5.74, 6) is -3.19. The van der Waals surface area contributed by atoms with Crippen molar-refractivity contribution in [1.29, 1.82) is 0 Å². The molecule has 27 heavy (non-hydrogen) atoms. The lowest BCUT2D eigenvalue weighted by Crippen LogP contribution is -2.42. The maximum atomic E-state index is 12.9. The second-order valence-electron chi connectivity index (χ2n) is 6.25. The van der Waals surface area contributed by atoms with Crippen molar-refractivity contribution in [3.63, 3.8) is 0 Å². The number of alkyl halides is 2. The number of benzene rings is 1. The van der Waals surface area contributed by atoms with Gasteiger partial charge in [-0.15, -0.1) is 0 Å². The molecule has 2 aromatic rings. The van der Waals surface area contributed by atoms with Gasteiger partial charge in [0.15, 0.2) is 5.16 Å². The normalized spacial score (nSPS) is 15.5. The number of carbonyl (C=O) groups is 2. The van der Waals surface area contributed by atoms with Gasteiger partial charge in [-0.05, 0) is 43.7 Å². The van der Waals surface area contributed by atoms with Gasteiger partial charge in [0.05, 0.1) is 23.6 Å². The summed E-state index contributed by atoms with van der Waals surface area (Å²) in [7, 11) is 0. The number of likely N-dealkylation sites (tertiary alicyclic amines) is 1. The minimum atomic E-state index is -2.61. The number of nitrogens with zero attached hydrogens (tertiary/aromatic N) is 3. The van der Waals surface area contributed by atoms with E-state index in [1.165, 1.54) is 4.57 Å². The Morgan fingerprint density at radius 2 is 2.00 bits per heavy atom. The van der Waals surface area contributed by atoms with Crippen LogP contribution >= 0.6 is 11.8 Å². The van der Waals surface area contributed by atoms with Crippen LogP contribution in [0.2, 0.25) is 0 Å². The quantitative estimate of drug-likeness (QED) is 0.553. The summed E-state index contributed by atoms with van der Waals surface area (Å²) in [5.41, 5.74) is 1.23. The minimum absolute atomic E-state index is 0.0559. The Bertz CT molecular complexity index is 819. The molecule has 0 spiro atoms. The molecule has 3 rings (SSSR count). The zero-order valence-corrected chi connectivity index (χ0v) is 15.8. The fourth-order valence-corrected chi connectivity index (χ4v) is 3.84. The molecule has 0 atom stereocenters. The Kier molecular flexibility index (Phi) is 6.30. The number of fused-ring (bicyclic) bond motifs is 1. The first-order valence-electron chi connectivity index (χ1n) is 8.84. The summed E-state index contributed by atoms with van der Waals surface area (Å²) in [5, 5.41) is 0.126. The third-order valence-electron chi connectivity index (χ3n) is 4.57. The Morgan fingerprint density at radius 3 is 2.67 bits per heavy atom. The lowest BCUT2D eigenvalue weighted by molar-refractivity contribution is -0.151. The molecule has 0 radical (unpaired) electrons. The zero-order valence-electron chi connectivity index (χ0n) is 14.9. The van der Waals surface area contributed by atoms with E-state index in [1.807, 2.05) is 0 Å². The fourth-order valence-electron chi connectivity index (χ4n) is 3.24. The van der Waals surface area contributed by atoms with Crippen molar-refractivity contribution >= 4 is 34.7 Å². The number of ether oxygens (including phenoxy) is 1. The molecule has 0 bridgehead atoms. The fraction of sp³-hybridized carbons (Fsp3) is 0.500. The van der Waals surface area contributed by atoms with Crippen molar-refractivity contribution in [3.8, 4) is 0 Å². The van der Waals surface area contributed by atoms with Crippen LogP contribution < -0.4 is 0 Å². The lowest BCUT2D eigenvalue weighted by atomic mass is 9.97. The van der Waals surface area contributed by atoms with Gasteiger partial charge in [-0.1, -0.05) is 12.1 Å². The molecule has 1 aliphatic heterocycles. The number of para-hydroxylation sites is 2. The average molecular weight is 397 g/mol. The highest BCUT2D eigenvalue weighted by atomic mass is 32.2. The monoisotopic (exact) mass is 397 g/mol. The predicted octanol–water partition coefficient (Wildman–Crippen LogP) is 3.15. The SMILES string of the molecule is CCOC(=O)C1CCN(C(=O)Cn2c(SC(F)F)nc3ccccc32)CC1.